The van der Waals surface area contributed by atoms with Crippen molar-refractivity contribution in [3.8, 4) is 0 Å². The molecule has 1 aromatic carbocycles. The lowest BCUT2D eigenvalue weighted by Crippen LogP contribution is -2.37. The molecule has 1 unspecified atom stereocenters. The molecule has 156 valence electrons. The van der Waals surface area contributed by atoms with Crippen LogP contribution in [0.4, 0.5) is 0 Å². The Morgan fingerprint density at radius 2 is 2.00 bits per heavy atom. The number of hydrogen-bond donors (Lipinski definition) is 1. The molecule has 0 spiro atoms. The number of aliphatic hydroxyl groups is 1. The zero-order chi connectivity index (χ0) is 21.1. The minimum atomic E-state index is -0.687. The molecule has 1 atom stereocenters. The lowest BCUT2D eigenvalue weighted by atomic mass is 9.96. The van der Waals surface area contributed by atoms with Crippen LogP contribution in [0.2, 0.25) is 5.02 Å². The second kappa shape index (κ2) is 8.90. The molecule has 30 heavy (non-hydrogen) atoms. The predicted octanol–water partition coefficient (Wildman–Crippen LogP) is 4.01. The number of nitrogens with zero attached hydrogens (tertiary/aromatic N) is 2. The smallest absolute Gasteiger partial charge is 0.290 e. The average molecular weight is 427 g/mol. The highest BCUT2D eigenvalue weighted by Crippen LogP contribution is 2.38. The molecule has 1 aromatic heterocycles. The Kier molecular flexibility index (Phi) is 6.06. The van der Waals surface area contributed by atoms with Crippen molar-refractivity contribution >= 4 is 29.4 Å². The average Bonchev–Trinajstić information content (AvgIpc) is 3.48. The SMILES string of the molecule is O=C(/C=C/c1ccco1)C1=C(O)C(=O)N(CCN2CCCC2)C1c1cccc(Cl)c1. The van der Waals surface area contributed by atoms with E-state index >= 15 is 0 Å². The van der Waals surface area contributed by atoms with Gasteiger partial charge < -0.3 is 19.3 Å². The first-order chi connectivity index (χ1) is 14.5. The molecule has 2 aliphatic heterocycles. The van der Waals surface area contributed by atoms with Crippen LogP contribution in [0.3, 0.4) is 0 Å². The maximum absolute atomic E-state index is 13.0. The van der Waals surface area contributed by atoms with E-state index in [2.05, 4.69) is 4.90 Å². The molecule has 0 radical (unpaired) electrons. The van der Waals surface area contributed by atoms with Gasteiger partial charge in [0.05, 0.1) is 17.9 Å². The summed E-state index contributed by atoms with van der Waals surface area (Å²) in [6.45, 7) is 3.11. The Balaban J connectivity index is 1.64. The van der Waals surface area contributed by atoms with E-state index in [1.54, 1.807) is 35.2 Å². The van der Waals surface area contributed by atoms with Crippen LogP contribution in [0, 0.1) is 0 Å². The quantitative estimate of drug-likeness (QED) is 0.677. The Morgan fingerprint density at radius 1 is 1.20 bits per heavy atom. The fourth-order valence-corrected chi connectivity index (χ4v) is 4.25. The summed E-state index contributed by atoms with van der Waals surface area (Å²) < 4.78 is 5.22. The molecule has 7 heteroatoms. The largest absolute Gasteiger partial charge is 0.503 e. The highest BCUT2D eigenvalue weighted by Gasteiger charge is 2.42. The Morgan fingerprint density at radius 3 is 2.70 bits per heavy atom. The molecule has 4 rings (SSSR count). The van der Waals surface area contributed by atoms with Crippen LogP contribution >= 0.6 is 11.6 Å². The maximum Gasteiger partial charge on any atom is 0.290 e. The van der Waals surface area contributed by atoms with E-state index in [9.17, 15) is 14.7 Å². The molecule has 0 bridgehead atoms. The molecule has 1 N–H and O–H groups in total. The number of likely N-dealkylation sites (tertiary alicyclic amines) is 1. The second-order valence-corrected chi connectivity index (χ2v) is 7.92. The number of rotatable bonds is 7. The summed E-state index contributed by atoms with van der Waals surface area (Å²) in [7, 11) is 0. The number of aliphatic hydroxyl groups excluding tert-OH is 1. The van der Waals surface area contributed by atoms with E-state index in [0.717, 1.165) is 25.9 Å². The van der Waals surface area contributed by atoms with Crippen LogP contribution in [0.1, 0.15) is 30.2 Å². The molecular weight excluding hydrogens is 404 g/mol. The fraction of sp³-hybridized carbons (Fsp3) is 0.304. The zero-order valence-electron chi connectivity index (χ0n) is 16.5. The van der Waals surface area contributed by atoms with Crippen LogP contribution in [-0.4, -0.2) is 52.8 Å². The lowest BCUT2D eigenvalue weighted by Gasteiger charge is -2.28. The van der Waals surface area contributed by atoms with Gasteiger partial charge in [-0.15, -0.1) is 0 Å². The summed E-state index contributed by atoms with van der Waals surface area (Å²) in [5.74, 6) is -0.965. The van der Waals surface area contributed by atoms with E-state index in [1.807, 2.05) is 6.07 Å². The van der Waals surface area contributed by atoms with Crippen molar-refractivity contribution in [3.05, 3.63) is 76.4 Å². The van der Waals surface area contributed by atoms with E-state index in [-0.39, 0.29) is 5.57 Å². The molecule has 1 amide bonds. The van der Waals surface area contributed by atoms with Gasteiger partial charge in [0.2, 0.25) is 0 Å². The van der Waals surface area contributed by atoms with Gasteiger partial charge in [-0.25, -0.2) is 0 Å². The Hall–Kier alpha value is -2.83. The van der Waals surface area contributed by atoms with Gasteiger partial charge in [-0.05, 0) is 67.9 Å². The summed E-state index contributed by atoms with van der Waals surface area (Å²) in [5, 5.41) is 11.1. The summed E-state index contributed by atoms with van der Waals surface area (Å²) in [4.78, 5) is 29.8. The third-order valence-corrected chi connectivity index (χ3v) is 5.77. The summed E-state index contributed by atoms with van der Waals surface area (Å²) >= 11 is 6.18. The van der Waals surface area contributed by atoms with Gasteiger partial charge >= 0.3 is 0 Å². The van der Waals surface area contributed by atoms with Crippen molar-refractivity contribution in [2.75, 3.05) is 26.2 Å². The van der Waals surface area contributed by atoms with Crippen LogP contribution in [0.25, 0.3) is 6.08 Å². The number of allylic oxidation sites excluding steroid dienone is 1. The molecule has 0 aliphatic carbocycles. The molecule has 2 aliphatic rings. The minimum Gasteiger partial charge on any atom is -0.503 e. The van der Waals surface area contributed by atoms with Gasteiger partial charge in [0.15, 0.2) is 11.5 Å². The Labute approximate surface area is 180 Å². The topological polar surface area (TPSA) is 74.0 Å². The first-order valence-electron chi connectivity index (χ1n) is 10.0. The standard InChI is InChI=1S/C23H23ClN2O4/c24-17-6-3-5-16(15-17)21-20(19(27)9-8-18-7-4-14-30-18)22(28)23(29)26(21)13-12-25-10-1-2-11-25/h3-9,14-15,21,28H,1-2,10-13H2/b9-8+. The van der Waals surface area contributed by atoms with Gasteiger partial charge in [0, 0.05) is 18.1 Å². The number of benzene rings is 1. The van der Waals surface area contributed by atoms with Crippen molar-refractivity contribution in [2.45, 2.75) is 18.9 Å². The number of carbonyl (C=O) groups excluding carboxylic acids is 2. The molecule has 3 heterocycles. The first-order valence-corrected chi connectivity index (χ1v) is 10.4. The minimum absolute atomic E-state index is 0.0616. The number of halogens is 1. The normalized spacial score (nSPS) is 20.1. The molecule has 1 fully saturated rings. The summed E-state index contributed by atoms with van der Waals surface area (Å²) in [6.07, 6.45) is 6.65. The van der Waals surface area contributed by atoms with Crippen molar-refractivity contribution in [2.24, 2.45) is 0 Å². The molecule has 1 saturated heterocycles. The van der Waals surface area contributed by atoms with Crippen LogP contribution in [0.15, 0.2) is 64.5 Å². The van der Waals surface area contributed by atoms with E-state index in [1.165, 1.54) is 18.4 Å². The number of furan rings is 1. The molecule has 6 nitrogen and oxygen atoms in total. The van der Waals surface area contributed by atoms with Gasteiger partial charge in [-0.3, -0.25) is 9.59 Å². The number of amides is 1. The van der Waals surface area contributed by atoms with Crippen molar-refractivity contribution in [1.82, 2.24) is 9.80 Å². The summed E-state index contributed by atoms with van der Waals surface area (Å²) in [5.41, 5.74) is 0.752. The van der Waals surface area contributed by atoms with Gasteiger partial charge in [0.25, 0.3) is 5.91 Å². The van der Waals surface area contributed by atoms with E-state index in [4.69, 9.17) is 16.0 Å². The Bertz CT molecular complexity index is 990. The van der Waals surface area contributed by atoms with Gasteiger partial charge in [-0.2, -0.15) is 0 Å². The highest BCUT2D eigenvalue weighted by molar-refractivity contribution is 6.30. The lowest BCUT2D eigenvalue weighted by molar-refractivity contribution is -0.129. The third kappa shape index (κ3) is 4.20. The zero-order valence-corrected chi connectivity index (χ0v) is 17.2. The first kappa shape index (κ1) is 20.4. The highest BCUT2D eigenvalue weighted by atomic mass is 35.5. The number of carbonyl (C=O) groups is 2. The van der Waals surface area contributed by atoms with Crippen molar-refractivity contribution in [3.63, 3.8) is 0 Å². The molecule has 2 aromatic rings. The van der Waals surface area contributed by atoms with Gasteiger partial charge in [-0.1, -0.05) is 23.7 Å². The van der Waals surface area contributed by atoms with Crippen LogP contribution < -0.4 is 0 Å². The monoisotopic (exact) mass is 426 g/mol. The van der Waals surface area contributed by atoms with E-state index < -0.39 is 23.5 Å². The van der Waals surface area contributed by atoms with Crippen LogP contribution in [0.5, 0.6) is 0 Å². The van der Waals surface area contributed by atoms with Crippen LogP contribution in [-0.2, 0) is 9.59 Å². The maximum atomic E-state index is 13.0. The second-order valence-electron chi connectivity index (χ2n) is 7.48. The van der Waals surface area contributed by atoms with Crippen molar-refractivity contribution < 1.29 is 19.1 Å². The van der Waals surface area contributed by atoms with E-state index in [0.29, 0.717) is 29.4 Å². The van der Waals surface area contributed by atoms with Gasteiger partial charge in [0.1, 0.15) is 5.76 Å². The summed E-state index contributed by atoms with van der Waals surface area (Å²) in [6, 6.07) is 9.80. The third-order valence-electron chi connectivity index (χ3n) is 5.53. The predicted molar refractivity (Wildman–Crippen MR) is 114 cm³/mol. The molecule has 0 saturated carbocycles. The molecular formula is C23H23ClN2O4. The number of hydrogen-bond acceptors (Lipinski definition) is 5. The van der Waals surface area contributed by atoms with Crippen molar-refractivity contribution in [1.29, 1.82) is 0 Å². The fourth-order valence-electron chi connectivity index (χ4n) is 4.05. The number of ketones is 1.